The van der Waals surface area contributed by atoms with Crippen molar-refractivity contribution in [3.8, 4) is 22.6 Å². The Kier molecular flexibility index (Phi) is 3.73. The van der Waals surface area contributed by atoms with E-state index in [2.05, 4.69) is 24.9 Å². The number of benzene rings is 2. The molecule has 0 atom stereocenters. The molecule has 28 heavy (non-hydrogen) atoms. The van der Waals surface area contributed by atoms with E-state index in [0.717, 1.165) is 11.1 Å². The molecule has 142 valence electrons. The lowest BCUT2D eigenvalue weighted by Crippen LogP contribution is -2.17. The summed E-state index contributed by atoms with van der Waals surface area (Å²) in [4.78, 5) is 7.81. The fraction of sp³-hybridized carbons (Fsp3) is 0.158. The van der Waals surface area contributed by atoms with Crippen LogP contribution in [0.4, 0.5) is 10.1 Å². The van der Waals surface area contributed by atoms with Crippen LogP contribution in [0, 0.1) is 5.82 Å². The average molecular weight is 397 g/mol. The Bertz CT molecular complexity index is 1290. The number of para-hydroxylation sites is 1. The number of H-pyrrole nitrogens is 2. The van der Waals surface area contributed by atoms with Crippen molar-refractivity contribution in [2.24, 2.45) is 0 Å². The first-order valence-electron chi connectivity index (χ1n) is 8.81. The lowest BCUT2D eigenvalue weighted by molar-refractivity contribution is 0.600. The van der Waals surface area contributed by atoms with Gasteiger partial charge in [0.15, 0.2) is 5.82 Å². The van der Waals surface area contributed by atoms with Crippen molar-refractivity contribution >= 4 is 26.7 Å². The minimum atomic E-state index is -3.42. The number of nitrogens with zero attached hydrogens (tertiary/aromatic N) is 2. The second-order valence-electron chi connectivity index (χ2n) is 6.80. The maximum atomic E-state index is 13.7. The van der Waals surface area contributed by atoms with E-state index in [9.17, 15) is 12.8 Å². The van der Waals surface area contributed by atoms with E-state index in [1.807, 2.05) is 24.3 Å². The summed E-state index contributed by atoms with van der Waals surface area (Å²) in [6.07, 6.45) is 2.77. The van der Waals surface area contributed by atoms with E-state index in [-0.39, 0.29) is 11.1 Å². The van der Waals surface area contributed by atoms with Gasteiger partial charge in [0.25, 0.3) is 0 Å². The third-order valence-electron chi connectivity index (χ3n) is 4.74. The van der Waals surface area contributed by atoms with E-state index in [0.29, 0.717) is 41.1 Å². The van der Waals surface area contributed by atoms with Crippen LogP contribution in [0.3, 0.4) is 0 Å². The van der Waals surface area contributed by atoms with Crippen LogP contribution >= 0.6 is 0 Å². The zero-order valence-electron chi connectivity index (χ0n) is 14.6. The zero-order chi connectivity index (χ0) is 19.3. The highest BCUT2D eigenvalue weighted by Crippen LogP contribution is 2.34. The summed E-state index contributed by atoms with van der Waals surface area (Å²) in [5.41, 5.74) is 3.70. The third-order valence-corrected chi connectivity index (χ3v) is 6.59. The van der Waals surface area contributed by atoms with Gasteiger partial charge < -0.3 is 4.98 Å². The summed E-state index contributed by atoms with van der Waals surface area (Å²) in [6, 6.07) is 11.9. The summed E-state index contributed by atoms with van der Waals surface area (Å²) in [7, 11) is -3.42. The zero-order valence-corrected chi connectivity index (χ0v) is 15.4. The number of imidazole rings is 1. The number of hydrogen-bond acceptors (Lipinski definition) is 4. The highest BCUT2D eigenvalue weighted by Gasteiger charge is 2.36. The lowest BCUT2D eigenvalue weighted by atomic mass is 10.0. The molecule has 1 saturated carbocycles. The maximum Gasteiger partial charge on any atom is 0.235 e. The second kappa shape index (κ2) is 6.16. The summed E-state index contributed by atoms with van der Waals surface area (Å²) in [5, 5.41) is 6.42. The highest BCUT2D eigenvalue weighted by atomic mass is 32.2. The maximum absolute atomic E-state index is 13.7. The Morgan fingerprint density at radius 3 is 2.75 bits per heavy atom. The van der Waals surface area contributed by atoms with E-state index in [1.165, 1.54) is 18.3 Å². The molecule has 1 aliphatic carbocycles. The quantitative estimate of drug-likeness (QED) is 0.478. The van der Waals surface area contributed by atoms with Gasteiger partial charge in [0.2, 0.25) is 10.0 Å². The van der Waals surface area contributed by atoms with Crippen LogP contribution in [-0.2, 0) is 10.0 Å². The number of sulfonamides is 1. The van der Waals surface area contributed by atoms with E-state index >= 15 is 0 Å². The minimum Gasteiger partial charge on any atom is -0.337 e. The van der Waals surface area contributed by atoms with Gasteiger partial charge in [-0.1, -0.05) is 24.3 Å². The number of aromatic amines is 2. The van der Waals surface area contributed by atoms with Gasteiger partial charge in [0.1, 0.15) is 11.5 Å². The Morgan fingerprint density at radius 1 is 1.14 bits per heavy atom. The van der Waals surface area contributed by atoms with Crippen LogP contribution in [0.15, 0.2) is 48.7 Å². The van der Waals surface area contributed by atoms with Crippen molar-refractivity contribution in [1.29, 1.82) is 0 Å². The Morgan fingerprint density at radius 2 is 1.96 bits per heavy atom. The van der Waals surface area contributed by atoms with Gasteiger partial charge in [-0.05, 0) is 36.6 Å². The monoisotopic (exact) mass is 397 g/mol. The molecule has 2 aromatic carbocycles. The molecule has 0 amide bonds. The van der Waals surface area contributed by atoms with Crippen LogP contribution < -0.4 is 4.72 Å². The normalized spacial score (nSPS) is 14.5. The summed E-state index contributed by atoms with van der Waals surface area (Å²) in [6.45, 7) is 0. The van der Waals surface area contributed by atoms with Gasteiger partial charge in [-0.2, -0.15) is 5.10 Å². The molecule has 5 rings (SSSR count). The molecule has 9 heteroatoms. The van der Waals surface area contributed by atoms with Gasteiger partial charge >= 0.3 is 0 Å². The first-order chi connectivity index (χ1) is 13.5. The van der Waals surface area contributed by atoms with Crippen molar-refractivity contribution in [3.63, 3.8) is 0 Å². The minimum absolute atomic E-state index is 0.324. The van der Waals surface area contributed by atoms with Gasteiger partial charge in [0, 0.05) is 5.56 Å². The molecule has 0 unspecified atom stereocenters. The van der Waals surface area contributed by atoms with Crippen LogP contribution in [-0.4, -0.2) is 33.8 Å². The molecule has 1 aliphatic rings. The number of rotatable bonds is 5. The molecule has 1 fully saturated rings. The highest BCUT2D eigenvalue weighted by molar-refractivity contribution is 7.93. The average Bonchev–Trinajstić information content (AvgIpc) is 3.30. The molecular formula is C19H16FN5O2S. The second-order valence-corrected chi connectivity index (χ2v) is 8.76. The molecule has 0 radical (unpaired) electrons. The fourth-order valence-corrected chi connectivity index (χ4v) is 4.58. The van der Waals surface area contributed by atoms with Crippen molar-refractivity contribution in [1.82, 2.24) is 20.2 Å². The van der Waals surface area contributed by atoms with E-state index in [4.69, 9.17) is 0 Å². The molecule has 0 aliphatic heterocycles. The molecular weight excluding hydrogens is 381 g/mol. The third kappa shape index (κ3) is 2.93. The van der Waals surface area contributed by atoms with Crippen molar-refractivity contribution in [2.45, 2.75) is 18.1 Å². The van der Waals surface area contributed by atoms with Crippen LogP contribution in [0.5, 0.6) is 0 Å². The molecule has 3 N–H and O–H groups in total. The first-order valence-corrected chi connectivity index (χ1v) is 10.4. The fourth-order valence-electron chi connectivity index (χ4n) is 3.20. The standard InChI is InChI=1S/C19H16FN5O2S/c20-12-4-1-3-11(9-12)14-5-2-6-15-17(14)23-19(22-15)18-16(10-21-24-18)25-28(26,27)13-7-8-13/h1-6,9-10,13,25H,7-8H2,(H,21,24)(H,22,23). The molecule has 2 aromatic heterocycles. The molecule has 4 aromatic rings. The number of anilines is 1. The Labute approximate surface area is 160 Å². The lowest BCUT2D eigenvalue weighted by Gasteiger charge is -2.05. The van der Waals surface area contributed by atoms with Crippen LogP contribution in [0.2, 0.25) is 0 Å². The Balaban J connectivity index is 1.59. The smallest absolute Gasteiger partial charge is 0.235 e. The van der Waals surface area contributed by atoms with E-state index in [1.54, 1.807) is 6.07 Å². The van der Waals surface area contributed by atoms with Crippen LogP contribution in [0.1, 0.15) is 12.8 Å². The van der Waals surface area contributed by atoms with Crippen molar-refractivity contribution < 1.29 is 12.8 Å². The number of aromatic nitrogens is 4. The molecule has 0 bridgehead atoms. The summed E-state index contributed by atoms with van der Waals surface area (Å²) < 4.78 is 40.8. The Hall–Kier alpha value is -3.20. The topological polar surface area (TPSA) is 104 Å². The number of hydrogen-bond donors (Lipinski definition) is 3. The van der Waals surface area contributed by atoms with Gasteiger partial charge in [-0.25, -0.2) is 17.8 Å². The number of fused-ring (bicyclic) bond motifs is 1. The molecule has 0 saturated heterocycles. The largest absolute Gasteiger partial charge is 0.337 e. The van der Waals surface area contributed by atoms with Gasteiger partial charge in [-0.15, -0.1) is 0 Å². The SMILES string of the molecule is O=S(=O)(Nc1cn[nH]c1-c1nc2c(-c3cccc(F)c3)cccc2[nH]1)C1CC1. The van der Waals surface area contributed by atoms with Crippen LogP contribution in [0.25, 0.3) is 33.7 Å². The summed E-state index contributed by atoms with van der Waals surface area (Å²) >= 11 is 0. The summed E-state index contributed by atoms with van der Waals surface area (Å²) in [5.74, 6) is 0.125. The number of nitrogens with one attached hydrogen (secondary N) is 3. The molecule has 2 heterocycles. The molecule has 7 nitrogen and oxygen atoms in total. The van der Waals surface area contributed by atoms with Gasteiger partial charge in [-0.3, -0.25) is 9.82 Å². The molecule has 0 spiro atoms. The predicted molar refractivity (Wildman–Crippen MR) is 105 cm³/mol. The van der Waals surface area contributed by atoms with Crippen molar-refractivity contribution in [2.75, 3.05) is 4.72 Å². The predicted octanol–water partition coefficient (Wildman–Crippen LogP) is 3.66. The van der Waals surface area contributed by atoms with E-state index < -0.39 is 10.0 Å². The van der Waals surface area contributed by atoms with Crippen molar-refractivity contribution in [3.05, 3.63) is 54.5 Å². The first kappa shape index (κ1) is 16.9. The van der Waals surface area contributed by atoms with Gasteiger partial charge in [0.05, 0.1) is 28.2 Å². The number of halogens is 1.